The molecular formula is C30H37N3O7. The molecule has 10 nitrogen and oxygen atoms in total. The van der Waals surface area contributed by atoms with Gasteiger partial charge in [-0.25, -0.2) is 4.79 Å². The monoisotopic (exact) mass is 551 g/mol. The van der Waals surface area contributed by atoms with Crippen molar-refractivity contribution in [2.45, 2.75) is 57.5 Å². The second-order valence-corrected chi connectivity index (χ2v) is 9.54. The van der Waals surface area contributed by atoms with E-state index in [2.05, 4.69) is 16.0 Å². The highest BCUT2D eigenvalue weighted by Crippen LogP contribution is 2.47. The number of hydrogen-bond acceptors (Lipinski definition) is 7. The molecule has 1 saturated carbocycles. The average Bonchev–Trinajstić information content (AvgIpc) is 3.76. The highest BCUT2D eigenvalue weighted by Gasteiger charge is 2.43. The van der Waals surface area contributed by atoms with Crippen molar-refractivity contribution in [1.82, 2.24) is 16.0 Å². The van der Waals surface area contributed by atoms with Crippen LogP contribution in [0, 0.1) is 5.92 Å². The van der Waals surface area contributed by atoms with E-state index in [9.17, 15) is 24.0 Å². The van der Waals surface area contributed by atoms with Crippen LogP contribution < -0.4 is 16.0 Å². The molecule has 214 valence electrons. The molecule has 1 aliphatic carbocycles. The Morgan fingerprint density at radius 2 is 1.50 bits per heavy atom. The number of esters is 2. The smallest absolute Gasteiger partial charge is 0.328 e. The van der Waals surface area contributed by atoms with Gasteiger partial charge < -0.3 is 25.4 Å². The van der Waals surface area contributed by atoms with Gasteiger partial charge in [-0.3, -0.25) is 19.2 Å². The molecule has 2 aromatic rings. The number of nitrogens with one attached hydrogen (secondary N) is 3. The molecule has 3 amide bonds. The Kier molecular flexibility index (Phi) is 11.7. The largest absolute Gasteiger partial charge is 0.466 e. The summed E-state index contributed by atoms with van der Waals surface area (Å²) >= 11 is 0. The number of carbonyl (C=O) groups is 5. The number of rotatable bonds is 15. The first kappa shape index (κ1) is 30.3. The third kappa shape index (κ3) is 9.52. The predicted molar refractivity (Wildman–Crippen MR) is 147 cm³/mol. The van der Waals surface area contributed by atoms with Crippen LogP contribution in [-0.2, 0) is 39.9 Å². The molecule has 0 aromatic heterocycles. The summed E-state index contributed by atoms with van der Waals surface area (Å²) in [6.07, 6.45) is 0.760. The van der Waals surface area contributed by atoms with Gasteiger partial charge in [0.15, 0.2) is 0 Å². The van der Waals surface area contributed by atoms with Crippen LogP contribution in [0.15, 0.2) is 60.7 Å². The van der Waals surface area contributed by atoms with Crippen LogP contribution >= 0.6 is 0 Å². The van der Waals surface area contributed by atoms with Crippen LogP contribution in [-0.4, -0.2) is 61.5 Å². The lowest BCUT2D eigenvalue weighted by Gasteiger charge is -2.23. The van der Waals surface area contributed by atoms with Crippen LogP contribution in [0.3, 0.4) is 0 Å². The van der Waals surface area contributed by atoms with E-state index in [0.29, 0.717) is 0 Å². The van der Waals surface area contributed by atoms with Crippen molar-refractivity contribution in [2.75, 3.05) is 19.8 Å². The molecule has 0 heterocycles. The van der Waals surface area contributed by atoms with E-state index in [-0.39, 0.29) is 56.8 Å². The fourth-order valence-electron chi connectivity index (χ4n) is 4.42. The van der Waals surface area contributed by atoms with Gasteiger partial charge in [0.1, 0.15) is 12.1 Å². The fourth-order valence-corrected chi connectivity index (χ4v) is 4.42. The second-order valence-electron chi connectivity index (χ2n) is 9.54. The van der Waals surface area contributed by atoms with Crippen LogP contribution in [0.25, 0.3) is 0 Å². The first-order valence-corrected chi connectivity index (χ1v) is 13.6. The maximum atomic E-state index is 13.3. The van der Waals surface area contributed by atoms with E-state index >= 15 is 0 Å². The van der Waals surface area contributed by atoms with E-state index < -0.39 is 35.8 Å². The Morgan fingerprint density at radius 1 is 0.850 bits per heavy atom. The molecule has 3 rings (SSSR count). The Hall–Kier alpha value is -4.21. The summed E-state index contributed by atoms with van der Waals surface area (Å²) in [5, 5.41) is 7.96. The molecular weight excluding hydrogens is 514 g/mol. The first-order chi connectivity index (χ1) is 19.3. The van der Waals surface area contributed by atoms with Crippen LogP contribution in [0.5, 0.6) is 0 Å². The SMILES string of the molecule is CCOC(=O)CC[C@@H](NC(=O)[C@H](Cc1ccccc1)NC(=O)CNC(=O)[C@@H]1C[C@H]1c1ccccc1)C(=O)OCC. The van der Waals surface area contributed by atoms with Crippen LogP contribution in [0.4, 0.5) is 0 Å². The Morgan fingerprint density at radius 3 is 2.15 bits per heavy atom. The zero-order valence-corrected chi connectivity index (χ0v) is 22.9. The molecule has 2 aromatic carbocycles. The Labute approximate surface area is 234 Å². The third-order valence-electron chi connectivity index (χ3n) is 6.54. The van der Waals surface area contributed by atoms with Gasteiger partial charge in [-0.05, 0) is 43.7 Å². The molecule has 0 bridgehead atoms. The van der Waals surface area contributed by atoms with Gasteiger partial charge in [0.05, 0.1) is 19.8 Å². The molecule has 1 fully saturated rings. The fraction of sp³-hybridized carbons (Fsp3) is 0.433. The topological polar surface area (TPSA) is 140 Å². The molecule has 40 heavy (non-hydrogen) atoms. The minimum atomic E-state index is -1.10. The van der Waals surface area contributed by atoms with E-state index in [4.69, 9.17) is 9.47 Å². The predicted octanol–water partition coefficient (Wildman–Crippen LogP) is 2.03. The van der Waals surface area contributed by atoms with Gasteiger partial charge in [0.2, 0.25) is 17.7 Å². The number of hydrogen-bond donors (Lipinski definition) is 3. The molecule has 3 N–H and O–H groups in total. The molecule has 1 aliphatic rings. The molecule has 0 spiro atoms. The van der Waals surface area contributed by atoms with Crippen LogP contribution in [0.2, 0.25) is 0 Å². The van der Waals surface area contributed by atoms with Crippen molar-refractivity contribution in [1.29, 1.82) is 0 Å². The quantitative estimate of drug-likeness (QED) is 0.288. The molecule has 0 aliphatic heterocycles. The molecule has 4 atom stereocenters. The maximum Gasteiger partial charge on any atom is 0.328 e. The molecule has 0 radical (unpaired) electrons. The summed E-state index contributed by atoms with van der Waals surface area (Å²) < 4.78 is 9.99. The van der Waals surface area contributed by atoms with E-state index in [1.165, 1.54) is 0 Å². The summed E-state index contributed by atoms with van der Waals surface area (Å²) in [6, 6.07) is 16.7. The lowest BCUT2D eigenvalue weighted by molar-refractivity contribution is -0.149. The van der Waals surface area contributed by atoms with Gasteiger partial charge in [0.25, 0.3) is 0 Å². The number of carbonyl (C=O) groups excluding carboxylic acids is 5. The van der Waals surface area contributed by atoms with Gasteiger partial charge in [-0.2, -0.15) is 0 Å². The van der Waals surface area contributed by atoms with Gasteiger partial charge >= 0.3 is 11.9 Å². The number of benzene rings is 2. The highest BCUT2D eigenvalue weighted by molar-refractivity contribution is 5.93. The average molecular weight is 552 g/mol. The number of ether oxygens (including phenoxy) is 2. The van der Waals surface area contributed by atoms with Crippen molar-refractivity contribution < 1.29 is 33.4 Å². The van der Waals surface area contributed by atoms with Gasteiger partial charge in [-0.15, -0.1) is 0 Å². The normalized spacial score (nSPS) is 17.1. The summed E-state index contributed by atoms with van der Waals surface area (Å²) in [5.74, 6) is -2.61. The van der Waals surface area contributed by atoms with Crippen molar-refractivity contribution in [2.24, 2.45) is 5.92 Å². The van der Waals surface area contributed by atoms with Crippen molar-refractivity contribution in [3.05, 3.63) is 71.8 Å². The maximum absolute atomic E-state index is 13.3. The van der Waals surface area contributed by atoms with Crippen LogP contribution in [0.1, 0.15) is 50.2 Å². The minimum absolute atomic E-state index is 0.0184. The standard InChI is InChI=1S/C30H37N3O7/c1-3-39-27(35)16-15-24(30(38)40-4-2)33-29(37)25(17-20-11-7-5-8-12-20)32-26(34)19-31-28(36)23-18-22(23)21-13-9-6-10-14-21/h5-14,22-25H,3-4,15-19H2,1-2H3,(H,31,36)(H,32,34)(H,33,37)/t22-,23+,24+,25-/m0/s1. The Balaban J connectivity index is 1.61. The summed E-state index contributed by atoms with van der Waals surface area (Å²) in [7, 11) is 0. The van der Waals surface area contributed by atoms with Gasteiger partial charge in [0, 0.05) is 18.8 Å². The van der Waals surface area contributed by atoms with E-state index in [1.54, 1.807) is 13.8 Å². The molecule has 0 unspecified atom stereocenters. The zero-order chi connectivity index (χ0) is 28.9. The first-order valence-electron chi connectivity index (χ1n) is 13.6. The minimum Gasteiger partial charge on any atom is -0.466 e. The summed E-state index contributed by atoms with van der Waals surface area (Å²) in [4.78, 5) is 63.0. The zero-order valence-electron chi connectivity index (χ0n) is 22.9. The summed E-state index contributed by atoms with van der Waals surface area (Å²) in [6.45, 7) is 3.32. The second kappa shape index (κ2) is 15.4. The van der Waals surface area contributed by atoms with Crippen molar-refractivity contribution in [3.8, 4) is 0 Å². The Bertz CT molecular complexity index is 1160. The van der Waals surface area contributed by atoms with Crippen molar-refractivity contribution >= 4 is 29.7 Å². The lowest BCUT2D eigenvalue weighted by atomic mass is 10.0. The third-order valence-corrected chi connectivity index (χ3v) is 6.54. The summed E-state index contributed by atoms with van der Waals surface area (Å²) in [5.41, 5.74) is 1.88. The highest BCUT2D eigenvalue weighted by atomic mass is 16.5. The van der Waals surface area contributed by atoms with E-state index in [0.717, 1.165) is 17.5 Å². The molecule has 10 heteroatoms. The number of amides is 3. The van der Waals surface area contributed by atoms with E-state index in [1.807, 2.05) is 60.7 Å². The molecule has 0 saturated heterocycles. The van der Waals surface area contributed by atoms with Gasteiger partial charge in [-0.1, -0.05) is 60.7 Å². The van der Waals surface area contributed by atoms with Crippen molar-refractivity contribution in [3.63, 3.8) is 0 Å². The lowest BCUT2D eigenvalue weighted by Crippen LogP contribution is -2.54.